The van der Waals surface area contributed by atoms with E-state index in [4.69, 9.17) is 9.88 Å². The van der Waals surface area contributed by atoms with E-state index in [0.717, 1.165) is 64.6 Å². The Balaban J connectivity index is 3.67. The van der Waals surface area contributed by atoms with Gasteiger partial charge < -0.3 is 4.74 Å². The van der Waals surface area contributed by atoms with Crippen molar-refractivity contribution in [3.8, 4) is 0 Å². The number of primary sulfonamides is 1. The summed E-state index contributed by atoms with van der Waals surface area (Å²) in [5.41, 5.74) is 0.277. The Morgan fingerprint density at radius 3 is 1.48 bits per heavy atom. The summed E-state index contributed by atoms with van der Waals surface area (Å²) in [6, 6.07) is 0. The molecule has 0 atom stereocenters. The van der Waals surface area contributed by atoms with Crippen LogP contribution >= 0.6 is 0 Å². The summed E-state index contributed by atoms with van der Waals surface area (Å²) < 4.78 is 50.2. The number of hydrogen-bond acceptors (Lipinski definition) is 5. The van der Waals surface area contributed by atoms with Gasteiger partial charge in [0.15, 0.2) is 0 Å². The van der Waals surface area contributed by atoms with Crippen LogP contribution in [0.3, 0.4) is 0 Å². The molecule has 0 aliphatic heterocycles. The molecule has 6 nitrogen and oxygen atoms in total. The normalized spacial score (nSPS) is 13.7. The molecule has 0 rings (SSSR count). The van der Waals surface area contributed by atoms with Crippen LogP contribution in [0.5, 0.6) is 0 Å². The van der Waals surface area contributed by atoms with E-state index in [1.807, 2.05) is 0 Å². The van der Waals surface area contributed by atoms with Crippen molar-refractivity contribution in [2.45, 2.75) is 91.9 Å². The smallest absolute Gasteiger partial charge is 0.209 e. The Kier molecular flexibility index (Phi) is 13.2. The second kappa shape index (κ2) is 13.3. The van der Waals surface area contributed by atoms with E-state index in [1.54, 1.807) is 0 Å². The zero-order valence-corrected chi connectivity index (χ0v) is 21.0. The van der Waals surface area contributed by atoms with Gasteiger partial charge in [0, 0.05) is 19.5 Å². The number of sulfonamides is 1. The largest absolute Gasteiger partial charge is 0.381 e. The summed E-state index contributed by atoms with van der Waals surface area (Å²) in [6.45, 7) is 10.3. The standard InChI is InChI=1S/C21H45NO5S2/c1-20(2,14-8-11-18-29(22,25)26)12-6-9-16-27-17-10-7-13-21(3,4)15-19-28(5,23)24/h6-19H2,1-5H3,(H2,22,25,26). The average molecular weight is 456 g/mol. The van der Waals surface area contributed by atoms with Crippen LogP contribution in [0.2, 0.25) is 0 Å². The first-order valence-corrected chi connectivity index (χ1v) is 14.7. The minimum atomic E-state index is -3.33. The zero-order valence-electron chi connectivity index (χ0n) is 19.3. The molecule has 0 spiro atoms. The van der Waals surface area contributed by atoms with E-state index in [1.165, 1.54) is 6.26 Å². The third-order valence-corrected chi connectivity index (χ3v) is 7.27. The van der Waals surface area contributed by atoms with Crippen LogP contribution < -0.4 is 5.14 Å². The van der Waals surface area contributed by atoms with Crippen molar-refractivity contribution in [3.63, 3.8) is 0 Å². The van der Waals surface area contributed by atoms with Gasteiger partial charge in [0.1, 0.15) is 9.84 Å². The monoisotopic (exact) mass is 455 g/mol. The van der Waals surface area contributed by atoms with Crippen molar-refractivity contribution in [1.29, 1.82) is 0 Å². The van der Waals surface area contributed by atoms with Crippen LogP contribution in [0.15, 0.2) is 0 Å². The predicted molar refractivity (Wildman–Crippen MR) is 122 cm³/mol. The molecule has 0 aromatic carbocycles. The van der Waals surface area contributed by atoms with E-state index in [2.05, 4.69) is 27.7 Å². The highest BCUT2D eigenvalue weighted by Gasteiger charge is 2.20. The maximum Gasteiger partial charge on any atom is 0.209 e. The van der Waals surface area contributed by atoms with E-state index < -0.39 is 19.9 Å². The second-order valence-electron chi connectivity index (χ2n) is 10.1. The van der Waals surface area contributed by atoms with Crippen LogP contribution in [0.4, 0.5) is 0 Å². The Labute approximate surface area is 180 Å². The van der Waals surface area contributed by atoms with Gasteiger partial charge in [-0.05, 0) is 55.8 Å². The molecule has 0 saturated carbocycles. The molecule has 0 aliphatic rings. The highest BCUT2D eigenvalue weighted by atomic mass is 32.2. The molecule has 176 valence electrons. The third kappa shape index (κ3) is 20.9. The topological polar surface area (TPSA) is 104 Å². The van der Waals surface area contributed by atoms with Crippen LogP contribution in [-0.2, 0) is 24.6 Å². The quantitative estimate of drug-likeness (QED) is 0.311. The van der Waals surface area contributed by atoms with Crippen LogP contribution in [-0.4, -0.2) is 47.8 Å². The zero-order chi connectivity index (χ0) is 22.6. The number of unbranched alkanes of at least 4 members (excludes halogenated alkanes) is 3. The predicted octanol–water partition coefficient (Wildman–Crippen LogP) is 4.29. The van der Waals surface area contributed by atoms with Gasteiger partial charge in [-0.3, -0.25) is 0 Å². The molecule has 29 heavy (non-hydrogen) atoms. The van der Waals surface area contributed by atoms with Crippen LogP contribution in [0.25, 0.3) is 0 Å². The maximum atomic E-state index is 11.3. The lowest BCUT2D eigenvalue weighted by molar-refractivity contribution is 0.120. The molecule has 0 aromatic rings. The van der Waals surface area contributed by atoms with Gasteiger partial charge in [-0.25, -0.2) is 22.0 Å². The molecule has 0 saturated heterocycles. The average Bonchev–Trinajstić information content (AvgIpc) is 2.54. The van der Waals surface area contributed by atoms with Crippen molar-refractivity contribution >= 4 is 19.9 Å². The Morgan fingerprint density at radius 2 is 1.07 bits per heavy atom. The lowest BCUT2D eigenvalue weighted by Gasteiger charge is -2.24. The van der Waals surface area contributed by atoms with Crippen molar-refractivity contribution in [1.82, 2.24) is 0 Å². The number of hydrogen-bond donors (Lipinski definition) is 1. The minimum absolute atomic E-state index is 0.0585. The highest BCUT2D eigenvalue weighted by Crippen LogP contribution is 2.30. The third-order valence-electron chi connectivity index (χ3n) is 5.47. The fourth-order valence-electron chi connectivity index (χ4n) is 3.34. The number of rotatable bonds is 18. The first-order chi connectivity index (χ1) is 13.1. The fraction of sp³-hybridized carbons (Fsp3) is 1.00. The van der Waals surface area contributed by atoms with Gasteiger partial charge in [-0.1, -0.05) is 47.0 Å². The lowest BCUT2D eigenvalue weighted by Crippen LogP contribution is -2.17. The first kappa shape index (κ1) is 28.8. The van der Waals surface area contributed by atoms with E-state index >= 15 is 0 Å². The maximum absolute atomic E-state index is 11.3. The molecule has 0 aliphatic carbocycles. The van der Waals surface area contributed by atoms with Crippen molar-refractivity contribution in [3.05, 3.63) is 0 Å². The fourth-order valence-corrected chi connectivity index (χ4v) is 4.87. The van der Waals surface area contributed by atoms with Crippen LogP contribution in [0.1, 0.15) is 91.9 Å². The summed E-state index contributed by atoms with van der Waals surface area (Å²) in [7, 11) is -6.22. The molecule has 0 heterocycles. The molecule has 0 radical (unpaired) electrons. The van der Waals surface area contributed by atoms with Gasteiger partial charge >= 0.3 is 0 Å². The molecular weight excluding hydrogens is 410 g/mol. The van der Waals surface area contributed by atoms with Crippen molar-refractivity contribution in [2.24, 2.45) is 16.0 Å². The van der Waals surface area contributed by atoms with Crippen LogP contribution in [0, 0.1) is 10.8 Å². The molecule has 0 aromatic heterocycles. The van der Waals surface area contributed by atoms with Crippen molar-refractivity contribution in [2.75, 3.05) is 31.0 Å². The number of sulfone groups is 1. The SMILES string of the molecule is CC(C)(CCCCOCCCCC(C)(C)CCS(C)(=O)=O)CCCCS(N)(=O)=O. The molecule has 0 bridgehead atoms. The van der Waals surface area contributed by atoms with Gasteiger partial charge in [-0.15, -0.1) is 0 Å². The summed E-state index contributed by atoms with van der Waals surface area (Å²) >= 11 is 0. The highest BCUT2D eigenvalue weighted by molar-refractivity contribution is 7.90. The molecule has 8 heteroatoms. The lowest BCUT2D eigenvalue weighted by atomic mass is 9.82. The first-order valence-electron chi connectivity index (χ1n) is 10.9. The van der Waals surface area contributed by atoms with Gasteiger partial charge in [0.05, 0.1) is 11.5 Å². The molecule has 2 N–H and O–H groups in total. The summed E-state index contributed by atoms with van der Waals surface area (Å²) in [5.74, 6) is 0.338. The van der Waals surface area contributed by atoms with E-state index in [-0.39, 0.29) is 22.3 Å². The summed E-state index contributed by atoms with van der Waals surface area (Å²) in [5, 5.41) is 5.03. The minimum Gasteiger partial charge on any atom is -0.381 e. The summed E-state index contributed by atoms with van der Waals surface area (Å²) in [6.07, 6.45) is 10.9. The number of nitrogens with two attached hydrogens (primary N) is 1. The van der Waals surface area contributed by atoms with Gasteiger partial charge in [0.25, 0.3) is 0 Å². The molecular formula is C21H45NO5S2. The van der Waals surface area contributed by atoms with E-state index in [0.29, 0.717) is 12.8 Å². The Morgan fingerprint density at radius 1 is 0.655 bits per heavy atom. The van der Waals surface area contributed by atoms with Gasteiger partial charge in [0.2, 0.25) is 10.0 Å². The molecule has 0 fully saturated rings. The summed E-state index contributed by atoms with van der Waals surface area (Å²) in [4.78, 5) is 0. The van der Waals surface area contributed by atoms with Crippen molar-refractivity contribution < 1.29 is 21.6 Å². The molecule has 0 amide bonds. The Bertz CT molecular complexity index is 640. The van der Waals surface area contributed by atoms with Gasteiger partial charge in [-0.2, -0.15) is 0 Å². The Hall–Kier alpha value is -0.180. The molecule has 0 unspecified atom stereocenters. The van der Waals surface area contributed by atoms with E-state index in [9.17, 15) is 16.8 Å². The second-order valence-corrected chi connectivity index (χ2v) is 14.1. The number of ether oxygens (including phenoxy) is 1.